The SMILES string of the molecule is Cc1cc(C)n(CCOc2ccc(-c3cnc(C)c(CC(=O)O)c3N3CCC(C)(C)CC3)nc2)n1. The molecule has 1 fully saturated rings. The van der Waals surface area contributed by atoms with Crippen LogP contribution in [-0.2, 0) is 17.8 Å². The molecule has 0 radical (unpaired) electrons. The fourth-order valence-electron chi connectivity index (χ4n) is 4.66. The number of pyridine rings is 2. The van der Waals surface area contributed by atoms with Crippen LogP contribution in [0.25, 0.3) is 11.3 Å². The molecule has 3 aromatic heterocycles. The summed E-state index contributed by atoms with van der Waals surface area (Å²) in [5, 5.41) is 14.1. The van der Waals surface area contributed by atoms with Crippen LogP contribution in [-0.4, -0.2) is 50.5 Å². The number of rotatable bonds is 8. The number of aryl methyl sites for hydroxylation is 3. The Labute approximate surface area is 207 Å². The lowest BCUT2D eigenvalue weighted by Gasteiger charge is -2.40. The zero-order valence-corrected chi connectivity index (χ0v) is 21.3. The minimum absolute atomic E-state index is 0.0601. The van der Waals surface area contributed by atoms with E-state index in [0.29, 0.717) is 18.9 Å². The van der Waals surface area contributed by atoms with Crippen molar-refractivity contribution < 1.29 is 14.6 Å². The van der Waals surface area contributed by atoms with Crippen LogP contribution in [0.5, 0.6) is 5.75 Å². The van der Waals surface area contributed by atoms with Gasteiger partial charge < -0.3 is 14.7 Å². The van der Waals surface area contributed by atoms with E-state index in [-0.39, 0.29) is 11.8 Å². The summed E-state index contributed by atoms with van der Waals surface area (Å²) in [4.78, 5) is 23.2. The zero-order valence-electron chi connectivity index (χ0n) is 21.3. The second-order valence-corrected chi connectivity index (χ2v) is 10.2. The van der Waals surface area contributed by atoms with Crippen molar-refractivity contribution in [3.05, 3.63) is 53.2 Å². The van der Waals surface area contributed by atoms with Crippen molar-refractivity contribution in [2.24, 2.45) is 5.41 Å². The molecule has 0 bridgehead atoms. The van der Waals surface area contributed by atoms with E-state index >= 15 is 0 Å². The van der Waals surface area contributed by atoms with Crippen molar-refractivity contribution in [3.8, 4) is 17.0 Å². The first-order valence-electron chi connectivity index (χ1n) is 12.2. The maximum absolute atomic E-state index is 11.7. The highest BCUT2D eigenvalue weighted by molar-refractivity contribution is 5.83. The lowest BCUT2D eigenvalue weighted by atomic mass is 9.82. The molecule has 0 atom stereocenters. The van der Waals surface area contributed by atoms with E-state index in [4.69, 9.17) is 4.74 Å². The van der Waals surface area contributed by atoms with Crippen LogP contribution in [0.3, 0.4) is 0 Å². The molecule has 8 heteroatoms. The van der Waals surface area contributed by atoms with Gasteiger partial charge in [0.15, 0.2) is 0 Å². The number of anilines is 1. The van der Waals surface area contributed by atoms with Gasteiger partial charge in [0.2, 0.25) is 0 Å². The van der Waals surface area contributed by atoms with Crippen LogP contribution in [0.15, 0.2) is 30.6 Å². The van der Waals surface area contributed by atoms with E-state index in [1.54, 1.807) is 6.20 Å². The number of piperidine rings is 1. The largest absolute Gasteiger partial charge is 0.490 e. The van der Waals surface area contributed by atoms with Gasteiger partial charge in [-0.15, -0.1) is 0 Å². The molecule has 186 valence electrons. The van der Waals surface area contributed by atoms with Crippen molar-refractivity contribution in [1.82, 2.24) is 19.7 Å². The fraction of sp³-hybridized carbons (Fsp3) is 0.481. The molecule has 3 aromatic rings. The number of hydrogen-bond acceptors (Lipinski definition) is 6. The van der Waals surface area contributed by atoms with E-state index in [9.17, 15) is 9.90 Å². The standard InChI is InChI=1S/C27H35N5O3/c1-18-14-19(2)32(30-18)12-13-35-21-6-7-24(29-16-21)23-17-28-20(3)22(15-25(33)34)26(23)31-10-8-27(4,5)9-11-31/h6-7,14,16-17H,8-13,15H2,1-5H3,(H,33,34). The third-order valence-electron chi connectivity index (χ3n) is 6.81. The summed E-state index contributed by atoms with van der Waals surface area (Å²) < 4.78 is 7.84. The topological polar surface area (TPSA) is 93.4 Å². The van der Waals surface area contributed by atoms with Gasteiger partial charge in [0.1, 0.15) is 12.4 Å². The lowest BCUT2D eigenvalue weighted by Crippen LogP contribution is -2.38. The molecule has 0 saturated carbocycles. The molecular formula is C27H35N5O3. The molecule has 4 heterocycles. The molecule has 4 rings (SSSR count). The second-order valence-electron chi connectivity index (χ2n) is 10.2. The molecule has 0 aromatic carbocycles. The van der Waals surface area contributed by atoms with Crippen LogP contribution >= 0.6 is 0 Å². The van der Waals surface area contributed by atoms with Gasteiger partial charge >= 0.3 is 5.97 Å². The zero-order chi connectivity index (χ0) is 25.2. The maximum Gasteiger partial charge on any atom is 0.307 e. The summed E-state index contributed by atoms with van der Waals surface area (Å²) in [6, 6.07) is 5.88. The van der Waals surface area contributed by atoms with Crippen LogP contribution in [0.4, 0.5) is 5.69 Å². The molecule has 0 unspecified atom stereocenters. The number of carboxylic acid groups (broad SMARTS) is 1. The molecule has 0 spiro atoms. The number of hydrogen-bond donors (Lipinski definition) is 1. The summed E-state index contributed by atoms with van der Waals surface area (Å²) in [5.41, 5.74) is 6.47. The van der Waals surface area contributed by atoms with E-state index in [0.717, 1.165) is 65.5 Å². The molecule has 1 aliphatic rings. The maximum atomic E-state index is 11.7. The average Bonchev–Trinajstić information content (AvgIpc) is 3.12. The highest BCUT2D eigenvalue weighted by Crippen LogP contribution is 2.39. The molecule has 1 saturated heterocycles. The van der Waals surface area contributed by atoms with Gasteiger partial charge in [0, 0.05) is 41.8 Å². The Morgan fingerprint density at radius 2 is 1.86 bits per heavy atom. The predicted octanol–water partition coefficient (Wildman–Crippen LogP) is 4.60. The lowest BCUT2D eigenvalue weighted by molar-refractivity contribution is -0.136. The van der Waals surface area contributed by atoms with Gasteiger partial charge in [-0.05, 0) is 57.2 Å². The summed E-state index contributed by atoms with van der Waals surface area (Å²) >= 11 is 0. The normalized spacial score (nSPS) is 15.3. The molecule has 1 aliphatic heterocycles. The van der Waals surface area contributed by atoms with Gasteiger partial charge in [-0.25, -0.2) is 0 Å². The number of aliphatic carboxylic acids is 1. The minimum atomic E-state index is -0.857. The molecular weight excluding hydrogens is 442 g/mol. The monoisotopic (exact) mass is 477 g/mol. The van der Waals surface area contributed by atoms with E-state index in [1.165, 1.54) is 0 Å². The van der Waals surface area contributed by atoms with Crippen molar-refractivity contribution in [2.75, 3.05) is 24.6 Å². The van der Waals surface area contributed by atoms with Gasteiger partial charge in [0.25, 0.3) is 0 Å². The third-order valence-corrected chi connectivity index (χ3v) is 6.81. The van der Waals surface area contributed by atoms with Crippen LogP contribution < -0.4 is 9.64 Å². The first-order valence-corrected chi connectivity index (χ1v) is 12.2. The number of aromatic nitrogens is 4. The van der Waals surface area contributed by atoms with E-state index in [1.807, 2.05) is 49.8 Å². The summed E-state index contributed by atoms with van der Waals surface area (Å²) in [6.45, 7) is 13.4. The number of carboxylic acids is 1. The summed E-state index contributed by atoms with van der Waals surface area (Å²) in [6.07, 6.45) is 5.58. The Bertz CT molecular complexity index is 1190. The average molecular weight is 478 g/mol. The highest BCUT2D eigenvalue weighted by atomic mass is 16.5. The van der Waals surface area contributed by atoms with Crippen LogP contribution in [0.1, 0.15) is 49.3 Å². The van der Waals surface area contributed by atoms with E-state index < -0.39 is 5.97 Å². The fourth-order valence-corrected chi connectivity index (χ4v) is 4.66. The number of ether oxygens (including phenoxy) is 1. The minimum Gasteiger partial charge on any atom is -0.490 e. The third kappa shape index (κ3) is 5.81. The Balaban J connectivity index is 1.57. The molecule has 1 N–H and O–H groups in total. The molecule has 0 aliphatic carbocycles. The Morgan fingerprint density at radius 3 is 2.46 bits per heavy atom. The van der Waals surface area contributed by atoms with Crippen molar-refractivity contribution >= 4 is 11.7 Å². The number of nitrogens with zero attached hydrogens (tertiary/aromatic N) is 5. The van der Waals surface area contributed by atoms with Gasteiger partial charge in [-0.3, -0.25) is 19.4 Å². The molecule has 35 heavy (non-hydrogen) atoms. The Morgan fingerprint density at radius 1 is 1.11 bits per heavy atom. The quantitative estimate of drug-likeness (QED) is 0.507. The highest BCUT2D eigenvalue weighted by Gasteiger charge is 2.29. The number of carbonyl (C=O) groups is 1. The van der Waals surface area contributed by atoms with Crippen molar-refractivity contribution in [3.63, 3.8) is 0 Å². The summed E-state index contributed by atoms with van der Waals surface area (Å²) in [5.74, 6) is -0.174. The second kappa shape index (κ2) is 10.1. The van der Waals surface area contributed by atoms with Crippen LogP contribution in [0.2, 0.25) is 0 Å². The molecule has 0 amide bonds. The van der Waals surface area contributed by atoms with Gasteiger partial charge in [-0.1, -0.05) is 13.8 Å². The van der Waals surface area contributed by atoms with Crippen molar-refractivity contribution in [1.29, 1.82) is 0 Å². The first-order chi connectivity index (χ1) is 16.6. The van der Waals surface area contributed by atoms with Gasteiger partial charge in [-0.2, -0.15) is 5.10 Å². The summed E-state index contributed by atoms with van der Waals surface area (Å²) in [7, 11) is 0. The smallest absolute Gasteiger partial charge is 0.307 e. The van der Waals surface area contributed by atoms with Crippen LogP contribution in [0, 0.1) is 26.2 Å². The van der Waals surface area contributed by atoms with Crippen molar-refractivity contribution in [2.45, 2.75) is 60.4 Å². The Kier molecular flexibility index (Phi) is 7.10. The first kappa shape index (κ1) is 24.7. The predicted molar refractivity (Wildman–Crippen MR) is 136 cm³/mol. The molecule has 8 nitrogen and oxygen atoms in total. The van der Waals surface area contributed by atoms with E-state index in [2.05, 4.69) is 33.8 Å². The van der Waals surface area contributed by atoms with Gasteiger partial charge in [0.05, 0.1) is 36.2 Å². The Hall–Kier alpha value is -3.42.